The van der Waals surface area contributed by atoms with Crippen molar-refractivity contribution in [3.8, 4) is 0 Å². The third-order valence-corrected chi connectivity index (χ3v) is 9.03. The van der Waals surface area contributed by atoms with Crippen LogP contribution in [0.25, 0.3) is 0 Å². The van der Waals surface area contributed by atoms with Crippen molar-refractivity contribution >= 4 is 23.6 Å². The molecule has 0 radical (unpaired) electrons. The monoisotopic (exact) mass is 467 g/mol. The number of ether oxygens (including phenoxy) is 1. The van der Waals surface area contributed by atoms with Gasteiger partial charge in [0.1, 0.15) is 5.03 Å². The van der Waals surface area contributed by atoms with Gasteiger partial charge in [-0.05, 0) is 85.6 Å². The van der Waals surface area contributed by atoms with Crippen LogP contribution in [0.5, 0.6) is 0 Å². The standard InChI is InChI=1S/C26H33N3O3S/c1-3-8-33-25-22(14-27-29(25)15-16-4-6-19(7-5-16)26(31)32-2)24(30)28-23-20-10-17-9-18(12-20)13-21(23)11-17/h4-7,14,17-18,20-21,23H,3,8-13,15H2,1-2H3,(H,28,30)/t17-,18+,20-,21+,23?. The number of aromatic nitrogens is 2. The van der Waals surface area contributed by atoms with Crippen molar-refractivity contribution in [2.45, 2.75) is 63.1 Å². The van der Waals surface area contributed by atoms with E-state index in [1.807, 2.05) is 16.8 Å². The van der Waals surface area contributed by atoms with Gasteiger partial charge in [0, 0.05) is 6.04 Å². The highest BCUT2D eigenvalue weighted by Gasteiger charge is 2.48. The zero-order chi connectivity index (χ0) is 22.9. The van der Waals surface area contributed by atoms with Crippen LogP contribution in [0, 0.1) is 23.7 Å². The second-order valence-corrected chi connectivity index (χ2v) is 11.1. The number of hydrogen-bond donors (Lipinski definition) is 1. The fourth-order valence-electron chi connectivity index (χ4n) is 6.42. The highest BCUT2D eigenvalue weighted by atomic mass is 32.2. The van der Waals surface area contributed by atoms with Gasteiger partial charge in [-0.25, -0.2) is 4.79 Å². The molecular weight excluding hydrogens is 434 g/mol. The van der Waals surface area contributed by atoms with Crippen LogP contribution in [0.1, 0.15) is 71.7 Å². The molecule has 1 aromatic heterocycles. The number of benzene rings is 1. The molecule has 4 fully saturated rings. The van der Waals surface area contributed by atoms with E-state index in [1.165, 1.54) is 39.2 Å². The number of nitrogens with one attached hydrogen (secondary N) is 1. The minimum atomic E-state index is -0.344. The normalized spacial score (nSPS) is 27.5. The van der Waals surface area contributed by atoms with E-state index in [0.717, 1.165) is 34.6 Å². The molecule has 0 saturated heterocycles. The number of amides is 1. The third-order valence-electron chi connectivity index (χ3n) is 7.71. The quantitative estimate of drug-likeness (QED) is 0.447. The number of carbonyl (C=O) groups is 2. The number of carbonyl (C=O) groups excluding carboxylic acids is 2. The summed E-state index contributed by atoms with van der Waals surface area (Å²) in [5, 5.41) is 8.95. The predicted octanol–water partition coefficient (Wildman–Crippen LogP) is 4.77. The molecule has 4 aliphatic rings. The van der Waals surface area contributed by atoms with Gasteiger partial charge in [0.05, 0.1) is 31.0 Å². The smallest absolute Gasteiger partial charge is 0.337 e. The summed E-state index contributed by atoms with van der Waals surface area (Å²) in [6.45, 7) is 2.70. The molecule has 1 heterocycles. The zero-order valence-electron chi connectivity index (χ0n) is 19.5. The van der Waals surface area contributed by atoms with E-state index in [9.17, 15) is 9.59 Å². The predicted molar refractivity (Wildman–Crippen MR) is 128 cm³/mol. The van der Waals surface area contributed by atoms with Crippen LogP contribution in [-0.4, -0.2) is 40.6 Å². The third kappa shape index (κ3) is 4.57. The van der Waals surface area contributed by atoms with Gasteiger partial charge >= 0.3 is 5.97 Å². The Labute approximate surface area is 199 Å². The molecular formula is C26H33N3O3S. The van der Waals surface area contributed by atoms with Crippen molar-refractivity contribution in [2.75, 3.05) is 12.9 Å². The zero-order valence-corrected chi connectivity index (χ0v) is 20.3. The Morgan fingerprint density at radius 3 is 2.36 bits per heavy atom. The van der Waals surface area contributed by atoms with E-state index >= 15 is 0 Å². The number of methoxy groups -OCH3 is 1. The van der Waals surface area contributed by atoms with Gasteiger partial charge in [0.25, 0.3) is 5.91 Å². The topological polar surface area (TPSA) is 73.2 Å². The number of esters is 1. The van der Waals surface area contributed by atoms with Crippen LogP contribution in [0.3, 0.4) is 0 Å². The first-order valence-corrected chi connectivity index (χ1v) is 13.2. The fraction of sp³-hybridized carbons (Fsp3) is 0.577. The summed E-state index contributed by atoms with van der Waals surface area (Å²) in [4.78, 5) is 25.1. The Bertz CT molecular complexity index is 988. The molecule has 0 atom stereocenters. The highest BCUT2D eigenvalue weighted by Crippen LogP contribution is 2.53. The molecule has 0 unspecified atom stereocenters. The molecule has 7 heteroatoms. The maximum atomic E-state index is 13.4. The molecule has 1 aromatic carbocycles. The molecule has 4 aliphatic carbocycles. The van der Waals surface area contributed by atoms with Gasteiger partial charge in [0.15, 0.2) is 0 Å². The van der Waals surface area contributed by atoms with Gasteiger partial charge in [-0.2, -0.15) is 5.10 Å². The fourth-order valence-corrected chi connectivity index (χ4v) is 7.38. The number of nitrogens with zero attached hydrogens (tertiary/aromatic N) is 2. The average Bonchev–Trinajstić information content (AvgIpc) is 3.21. The molecule has 1 N–H and O–H groups in total. The Morgan fingerprint density at radius 2 is 1.76 bits per heavy atom. The van der Waals surface area contributed by atoms with Crippen molar-refractivity contribution in [3.63, 3.8) is 0 Å². The van der Waals surface area contributed by atoms with Crippen molar-refractivity contribution in [3.05, 3.63) is 47.2 Å². The van der Waals surface area contributed by atoms with E-state index in [-0.39, 0.29) is 11.9 Å². The van der Waals surface area contributed by atoms with E-state index < -0.39 is 0 Å². The van der Waals surface area contributed by atoms with E-state index in [1.54, 1.807) is 30.1 Å². The summed E-state index contributed by atoms with van der Waals surface area (Å²) in [5.41, 5.74) is 2.24. The SMILES string of the molecule is CCCSc1c(C(=O)NC2[C@H]3C[C@@H]4C[C@@H](C[C@H]2C4)C3)cnn1Cc1ccc(C(=O)OC)cc1. The van der Waals surface area contributed by atoms with Crippen LogP contribution in [0.4, 0.5) is 0 Å². The Kier molecular flexibility index (Phi) is 6.50. The summed E-state index contributed by atoms with van der Waals surface area (Å²) < 4.78 is 6.70. The van der Waals surface area contributed by atoms with Crippen molar-refractivity contribution in [1.29, 1.82) is 0 Å². The van der Waals surface area contributed by atoms with Crippen molar-refractivity contribution in [1.82, 2.24) is 15.1 Å². The molecule has 4 saturated carbocycles. The summed E-state index contributed by atoms with van der Waals surface area (Å²) in [7, 11) is 1.38. The van der Waals surface area contributed by atoms with Crippen molar-refractivity contribution < 1.29 is 14.3 Å². The first-order valence-electron chi connectivity index (χ1n) is 12.2. The van der Waals surface area contributed by atoms with E-state index in [4.69, 9.17) is 4.74 Å². The minimum Gasteiger partial charge on any atom is -0.465 e. The van der Waals surface area contributed by atoms with E-state index in [2.05, 4.69) is 17.3 Å². The number of hydrogen-bond acceptors (Lipinski definition) is 5. The first kappa shape index (κ1) is 22.5. The van der Waals surface area contributed by atoms with Gasteiger partial charge in [0.2, 0.25) is 0 Å². The molecule has 2 aromatic rings. The van der Waals surface area contributed by atoms with Crippen LogP contribution < -0.4 is 5.32 Å². The summed E-state index contributed by atoms with van der Waals surface area (Å²) >= 11 is 1.70. The largest absolute Gasteiger partial charge is 0.465 e. The number of rotatable bonds is 8. The lowest BCUT2D eigenvalue weighted by molar-refractivity contribution is -0.0120. The molecule has 33 heavy (non-hydrogen) atoms. The molecule has 176 valence electrons. The second kappa shape index (κ2) is 9.53. The molecule has 1 amide bonds. The molecule has 0 aliphatic heterocycles. The second-order valence-electron chi connectivity index (χ2n) is 9.99. The summed E-state index contributed by atoms with van der Waals surface area (Å²) in [6, 6.07) is 7.68. The summed E-state index contributed by atoms with van der Waals surface area (Å²) in [6.07, 6.45) is 9.32. The Balaban J connectivity index is 1.32. The minimum absolute atomic E-state index is 0.0263. The summed E-state index contributed by atoms with van der Waals surface area (Å²) in [5.74, 6) is 3.71. The Hall–Kier alpha value is -2.28. The van der Waals surface area contributed by atoms with E-state index in [0.29, 0.717) is 35.5 Å². The number of thioether (sulfide) groups is 1. The van der Waals surface area contributed by atoms with Crippen LogP contribution in [0.15, 0.2) is 35.5 Å². The van der Waals surface area contributed by atoms with Gasteiger partial charge in [-0.1, -0.05) is 19.1 Å². The van der Waals surface area contributed by atoms with Gasteiger partial charge in [-0.3, -0.25) is 9.48 Å². The van der Waals surface area contributed by atoms with Gasteiger partial charge < -0.3 is 10.1 Å². The first-order chi connectivity index (χ1) is 16.1. The highest BCUT2D eigenvalue weighted by molar-refractivity contribution is 7.99. The molecule has 0 spiro atoms. The van der Waals surface area contributed by atoms with Crippen LogP contribution in [0.2, 0.25) is 0 Å². The lowest BCUT2D eigenvalue weighted by atomic mass is 9.54. The maximum absolute atomic E-state index is 13.4. The van der Waals surface area contributed by atoms with Gasteiger partial charge in [-0.15, -0.1) is 11.8 Å². The molecule has 6 nitrogen and oxygen atoms in total. The van der Waals surface area contributed by atoms with Crippen LogP contribution in [-0.2, 0) is 11.3 Å². The van der Waals surface area contributed by atoms with Crippen LogP contribution >= 0.6 is 11.8 Å². The lowest BCUT2D eigenvalue weighted by Gasteiger charge is -2.54. The Morgan fingerprint density at radius 1 is 1.09 bits per heavy atom. The molecule has 4 bridgehead atoms. The maximum Gasteiger partial charge on any atom is 0.337 e. The average molecular weight is 468 g/mol. The lowest BCUT2D eigenvalue weighted by Crippen LogP contribution is -2.55. The molecule has 6 rings (SSSR count). The van der Waals surface area contributed by atoms with Crippen molar-refractivity contribution in [2.24, 2.45) is 23.7 Å².